The molecule has 0 saturated heterocycles. The first kappa shape index (κ1) is 12.6. The molecule has 0 bridgehead atoms. The minimum absolute atomic E-state index is 0.376. The highest BCUT2D eigenvalue weighted by Gasteiger charge is 2.16. The summed E-state index contributed by atoms with van der Waals surface area (Å²) in [6.07, 6.45) is 0.710. The molecule has 5 nitrogen and oxygen atoms in total. The molecule has 0 radical (unpaired) electrons. The first-order valence-electron chi connectivity index (χ1n) is 5.88. The Bertz CT molecular complexity index is 537. The summed E-state index contributed by atoms with van der Waals surface area (Å²) in [6.45, 7) is 3.93. The fourth-order valence-corrected chi connectivity index (χ4v) is 1.78. The van der Waals surface area contributed by atoms with E-state index in [9.17, 15) is 0 Å². The SMILES string of the molecule is CCc1nc(C(N)c2ccc(OC)c(C)c2)no1. The van der Waals surface area contributed by atoms with E-state index in [2.05, 4.69) is 10.1 Å². The number of aromatic nitrogens is 2. The molecule has 0 amide bonds. The molecule has 0 spiro atoms. The van der Waals surface area contributed by atoms with Gasteiger partial charge in [0.2, 0.25) is 5.89 Å². The maximum Gasteiger partial charge on any atom is 0.226 e. The van der Waals surface area contributed by atoms with Crippen LogP contribution in [0.25, 0.3) is 0 Å². The number of hydrogen-bond acceptors (Lipinski definition) is 5. The van der Waals surface area contributed by atoms with Crippen LogP contribution in [-0.2, 0) is 6.42 Å². The minimum atomic E-state index is -0.376. The summed E-state index contributed by atoms with van der Waals surface area (Å²) in [5.41, 5.74) is 8.09. The third-order valence-electron chi connectivity index (χ3n) is 2.84. The van der Waals surface area contributed by atoms with Crippen LogP contribution in [0.2, 0.25) is 0 Å². The molecule has 1 aromatic carbocycles. The second-order valence-electron chi connectivity index (χ2n) is 4.11. The van der Waals surface area contributed by atoms with Crippen LogP contribution in [0.3, 0.4) is 0 Å². The van der Waals surface area contributed by atoms with Crippen molar-refractivity contribution >= 4 is 0 Å². The van der Waals surface area contributed by atoms with Crippen molar-refractivity contribution in [1.82, 2.24) is 10.1 Å². The Morgan fingerprint density at radius 1 is 1.44 bits per heavy atom. The summed E-state index contributed by atoms with van der Waals surface area (Å²) in [5.74, 6) is 1.95. The number of methoxy groups -OCH3 is 1. The lowest BCUT2D eigenvalue weighted by Gasteiger charge is -2.10. The molecule has 1 heterocycles. The number of nitrogens with two attached hydrogens (primary N) is 1. The largest absolute Gasteiger partial charge is 0.496 e. The van der Waals surface area contributed by atoms with Gasteiger partial charge in [0.1, 0.15) is 5.75 Å². The number of benzene rings is 1. The molecule has 0 aliphatic rings. The van der Waals surface area contributed by atoms with E-state index in [1.807, 2.05) is 32.0 Å². The molecule has 1 atom stereocenters. The van der Waals surface area contributed by atoms with Crippen molar-refractivity contribution < 1.29 is 9.26 Å². The average molecular weight is 247 g/mol. The highest BCUT2D eigenvalue weighted by molar-refractivity contribution is 5.38. The molecular formula is C13H17N3O2. The van der Waals surface area contributed by atoms with Gasteiger partial charge in [0.05, 0.1) is 13.2 Å². The molecule has 2 aromatic rings. The lowest BCUT2D eigenvalue weighted by atomic mass is 10.0. The topological polar surface area (TPSA) is 74.2 Å². The van der Waals surface area contributed by atoms with Crippen molar-refractivity contribution in [3.63, 3.8) is 0 Å². The third-order valence-corrected chi connectivity index (χ3v) is 2.84. The molecule has 0 aliphatic carbocycles. The van der Waals surface area contributed by atoms with Gasteiger partial charge in [-0.15, -0.1) is 0 Å². The van der Waals surface area contributed by atoms with E-state index in [4.69, 9.17) is 15.0 Å². The molecule has 96 valence electrons. The second kappa shape index (κ2) is 5.18. The standard InChI is InChI=1S/C13H17N3O2/c1-4-11-15-13(16-18-11)12(14)9-5-6-10(17-3)8(2)7-9/h5-7,12H,4,14H2,1-3H3. The highest BCUT2D eigenvalue weighted by atomic mass is 16.5. The molecule has 2 N–H and O–H groups in total. The number of ether oxygens (including phenoxy) is 1. The second-order valence-corrected chi connectivity index (χ2v) is 4.11. The van der Waals surface area contributed by atoms with Crippen LogP contribution in [0.15, 0.2) is 22.7 Å². The van der Waals surface area contributed by atoms with Gasteiger partial charge in [-0.25, -0.2) is 0 Å². The lowest BCUT2D eigenvalue weighted by molar-refractivity contribution is 0.375. The Morgan fingerprint density at radius 3 is 2.78 bits per heavy atom. The summed E-state index contributed by atoms with van der Waals surface area (Å²) < 4.78 is 10.3. The smallest absolute Gasteiger partial charge is 0.226 e. The summed E-state index contributed by atoms with van der Waals surface area (Å²) in [7, 11) is 1.65. The van der Waals surface area contributed by atoms with Gasteiger partial charge in [-0.2, -0.15) is 4.98 Å². The van der Waals surface area contributed by atoms with Crippen LogP contribution in [-0.4, -0.2) is 17.3 Å². The quantitative estimate of drug-likeness (QED) is 0.894. The maximum absolute atomic E-state index is 6.12. The number of rotatable bonds is 4. The van der Waals surface area contributed by atoms with Crippen molar-refractivity contribution in [2.75, 3.05) is 7.11 Å². The van der Waals surface area contributed by atoms with Crippen molar-refractivity contribution in [3.8, 4) is 5.75 Å². The van der Waals surface area contributed by atoms with Gasteiger partial charge in [0, 0.05) is 6.42 Å². The predicted octanol–water partition coefficient (Wildman–Crippen LogP) is 2.00. The highest BCUT2D eigenvalue weighted by Crippen LogP contribution is 2.24. The van der Waals surface area contributed by atoms with Crippen LogP contribution in [0.4, 0.5) is 0 Å². The third kappa shape index (κ3) is 2.36. The molecule has 18 heavy (non-hydrogen) atoms. The van der Waals surface area contributed by atoms with Gasteiger partial charge in [-0.1, -0.05) is 24.2 Å². The molecular weight excluding hydrogens is 230 g/mol. The minimum Gasteiger partial charge on any atom is -0.496 e. The Labute approximate surface area is 106 Å². The monoisotopic (exact) mass is 247 g/mol. The van der Waals surface area contributed by atoms with Crippen molar-refractivity contribution in [3.05, 3.63) is 41.0 Å². The van der Waals surface area contributed by atoms with Gasteiger partial charge < -0.3 is 15.0 Å². The molecule has 0 fully saturated rings. The number of aryl methyl sites for hydroxylation is 2. The van der Waals surface area contributed by atoms with E-state index in [-0.39, 0.29) is 6.04 Å². The summed E-state index contributed by atoms with van der Waals surface area (Å²) >= 11 is 0. The summed E-state index contributed by atoms with van der Waals surface area (Å²) in [6, 6.07) is 5.41. The molecule has 1 aromatic heterocycles. The zero-order valence-corrected chi connectivity index (χ0v) is 10.8. The number of hydrogen-bond donors (Lipinski definition) is 1. The summed E-state index contributed by atoms with van der Waals surface area (Å²) in [4.78, 5) is 4.24. The average Bonchev–Trinajstić information content (AvgIpc) is 2.86. The van der Waals surface area contributed by atoms with E-state index >= 15 is 0 Å². The van der Waals surface area contributed by atoms with Crippen LogP contribution < -0.4 is 10.5 Å². The van der Waals surface area contributed by atoms with E-state index in [1.165, 1.54) is 0 Å². The van der Waals surface area contributed by atoms with Crippen molar-refractivity contribution in [2.45, 2.75) is 26.3 Å². The van der Waals surface area contributed by atoms with Crippen molar-refractivity contribution in [1.29, 1.82) is 0 Å². The van der Waals surface area contributed by atoms with E-state index in [0.29, 0.717) is 18.1 Å². The van der Waals surface area contributed by atoms with Gasteiger partial charge in [0.25, 0.3) is 0 Å². The Morgan fingerprint density at radius 2 is 2.22 bits per heavy atom. The lowest BCUT2D eigenvalue weighted by Crippen LogP contribution is -2.14. The van der Waals surface area contributed by atoms with Crippen LogP contribution in [0, 0.1) is 6.92 Å². The fourth-order valence-electron chi connectivity index (χ4n) is 1.78. The van der Waals surface area contributed by atoms with Crippen LogP contribution >= 0.6 is 0 Å². The molecule has 5 heteroatoms. The van der Waals surface area contributed by atoms with Gasteiger partial charge in [0.15, 0.2) is 5.82 Å². The van der Waals surface area contributed by atoms with Gasteiger partial charge in [-0.05, 0) is 24.1 Å². The maximum atomic E-state index is 6.12. The van der Waals surface area contributed by atoms with E-state index in [0.717, 1.165) is 16.9 Å². The first-order chi connectivity index (χ1) is 8.65. The number of nitrogens with zero attached hydrogens (tertiary/aromatic N) is 2. The fraction of sp³-hybridized carbons (Fsp3) is 0.385. The molecule has 0 saturated carbocycles. The zero-order valence-electron chi connectivity index (χ0n) is 10.8. The van der Waals surface area contributed by atoms with Crippen LogP contribution in [0.5, 0.6) is 5.75 Å². The molecule has 0 aliphatic heterocycles. The summed E-state index contributed by atoms with van der Waals surface area (Å²) in [5, 5.41) is 3.89. The predicted molar refractivity (Wildman–Crippen MR) is 67.4 cm³/mol. The molecule has 2 rings (SSSR count). The van der Waals surface area contributed by atoms with E-state index < -0.39 is 0 Å². The van der Waals surface area contributed by atoms with E-state index in [1.54, 1.807) is 7.11 Å². The zero-order chi connectivity index (χ0) is 13.1. The Hall–Kier alpha value is -1.88. The Balaban J connectivity index is 2.27. The van der Waals surface area contributed by atoms with Crippen molar-refractivity contribution in [2.24, 2.45) is 5.73 Å². The van der Waals surface area contributed by atoms with Crippen LogP contribution in [0.1, 0.15) is 35.8 Å². The first-order valence-corrected chi connectivity index (χ1v) is 5.88. The normalized spacial score (nSPS) is 12.4. The van der Waals surface area contributed by atoms with Gasteiger partial charge >= 0.3 is 0 Å². The Kier molecular flexibility index (Phi) is 3.62. The molecule has 1 unspecified atom stereocenters. The van der Waals surface area contributed by atoms with Gasteiger partial charge in [-0.3, -0.25) is 0 Å².